The van der Waals surface area contributed by atoms with E-state index >= 15 is 0 Å². The molecule has 0 radical (unpaired) electrons. The molecule has 0 fully saturated rings. The number of aromatic nitrogens is 2. The minimum Gasteiger partial charge on any atom is -0.413 e. The monoisotopic (exact) mass is 382 g/mol. The van der Waals surface area contributed by atoms with E-state index in [0.29, 0.717) is 17.0 Å². The Balaban J connectivity index is 2.19. The standard InChI is InChI=1S/C17H23ClN2O2SSi/c1-11-12(9-22-24(5,6)17(2,3)4)7-14(23-11)15(21)13-8-19-10-20-16(13)18/h7-8,10H,9H2,1-6H3. The first-order valence-electron chi connectivity index (χ1n) is 7.76. The molecular weight excluding hydrogens is 360 g/mol. The highest BCUT2D eigenvalue weighted by molar-refractivity contribution is 7.14. The molecular formula is C17H23ClN2O2SSi. The lowest BCUT2D eigenvalue weighted by molar-refractivity contribution is 0.104. The van der Waals surface area contributed by atoms with Gasteiger partial charge in [0.25, 0.3) is 0 Å². The van der Waals surface area contributed by atoms with Crippen molar-refractivity contribution in [3.63, 3.8) is 0 Å². The third-order valence-electron chi connectivity index (χ3n) is 4.55. The molecule has 0 saturated heterocycles. The zero-order chi connectivity index (χ0) is 18.1. The van der Waals surface area contributed by atoms with Gasteiger partial charge in [-0.2, -0.15) is 0 Å². The molecule has 0 atom stereocenters. The van der Waals surface area contributed by atoms with Gasteiger partial charge in [-0.1, -0.05) is 32.4 Å². The third kappa shape index (κ3) is 4.11. The van der Waals surface area contributed by atoms with Gasteiger partial charge in [0, 0.05) is 11.1 Å². The second kappa shape index (κ2) is 7.04. The summed E-state index contributed by atoms with van der Waals surface area (Å²) in [5.74, 6) is -0.146. The van der Waals surface area contributed by atoms with E-state index < -0.39 is 8.32 Å². The second-order valence-corrected chi connectivity index (χ2v) is 13.7. The normalized spacial score (nSPS) is 12.5. The summed E-state index contributed by atoms with van der Waals surface area (Å²) in [5, 5.41) is 0.338. The van der Waals surface area contributed by atoms with Crippen LogP contribution in [0.1, 0.15) is 46.4 Å². The summed E-state index contributed by atoms with van der Waals surface area (Å²) in [6.45, 7) is 13.6. The Morgan fingerprint density at radius 3 is 2.62 bits per heavy atom. The molecule has 130 valence electrons. The fourth-order valence-corrected chi connectivity index (χ4v) is 3.96. The van der Waals surface area contributed by atoms with Gasteiger partial charge in [0.05, 0.1) is 17.0 Å². The summed E-state index contributed by atoms with van der Waals surface area (Å²) in [6.07, 6.45) is 2.79. The summed E-state index contributed by atoms with van der Waals surface area (Å²) in [6, 6.07) is 1.90. The number of carbonyl (C=O) groups is 1. The summed E-state index contributed by atoms with van der Waals surface area (Å²) >= 11 is 7.46. The van der Waals surface area contributed by atoms with Crippen LogP contribution in [0, 0.1) is 6.92 Å². The first-order valence-corrected chi connectivity index (χ1v) is 11.9. The molecule has 24 heavy (non-hydrogen) atoms. The molecule has 0 bridgehead atoms. The zero-order valence-electron chi connectivity index (χ0n) is 14.9. The van der Waals surface area contributed by atoms with Crippen molar-refractivity contribution >= 4 is 37.0 Å². The second-order valence-electron chi connectivity index (χ2n) is 7.30. The third-order valence-corrected chi connectivity index (χ3v) is 10.4. The Kier molecular flexibility index (Phi) is 5.64. The smallest absolute Gasteiger partial charge is 0.207 e. The Hall–Kier alpha value is -1.08. The Bertz CT molecular complexity index is 753. The minimum absolute atomic E-state index is 0.146. The molecule has 0 amide bonds. The van der Waals surface area contributed by atoms with Gasteiger partial charge in [0.1, 0.15) is 11.5 Å². The molecule has 0 aromatic carbocycles. The number of rotatable bonds is 5. The van der Waals surface area contributed by atoms with Crippen LogP contribution in [0.4, 0.5) is 0 Å². The maximum Gasteiger partial charge on any atom is 0.207 e. The topological polar surface area (TPSA) is 52.1 Å². The van der Waals surface area contributed by atoms with Crippen molar-refractivity contribution in [2.45, 2.75) is 52.4 Å². The first kappa shape index (κ1) is 19.2. The van der Waals surface area contributed by atoms with Gasteiger partial charge in [0.15, 0.2) is 8.32 Å². The number of thiophene rings is 1. The van der Waals surface area contributed by atoms with Gasteiger partial charge < -0.3 is 4.43 Å². The average Bonchev–Trinajstić information content (AvgIpc) is 2.85. The first-order chi connectivity index (χ1) is 11.0. The number of nitrogens with zero attached hydrogens (tertiary/aromatic N) is 2. The molecule has 0 spiro atoms. The summed E-state index contributed by atoms with van der Waals surface area (Å²) < 4.78 is 6.27. The molecule has 2 rings (SSSR count). The lowest BCUT2D eigenvalue weighted by atomic mass is 10.1. The maximum atomic E-state index is 12.6. The van der Waals surface area contributed by atoms with Crippen molar-refractivity contribution in [2.24, 2.45) is 0 Å². The van der Waals surface area contributed by atoms with Crippen LogP contribution in [0.15, 0.2) is 18.6 Å². The molecule has 0 aliphatic heterocycles. The maximum absolute atomic E-state index is 12.6. The average molecular weight is 383 g/mol. The predicted octanol–water partition coefficient (Wildman–Crippen LogP) is 5.25. The van der Waals surface area contributed by atoms with Gasteiger partial charge >= 0.3 is 0 Å². The van der Waals surface area contributed by atoms with Crippen LogP contribution >= 0.6 is 22.9 Å². The van der Waals surface area contributed by atoms with Gasteiger partial charge in [-0.15, -0.1) is 11.3 Å². The molecule has 0 unspecified atom stereocenters. The number of aryl methyl sites for hydroxylation is 1. The molecule has 0 N–H and O–H groups in total. The highest BCUT2D eigenvalue weighted by Crippen LogP contribution is 2.37. The van der Waals surface area contributed by atoms with E-state index in [0.717, 1.165) is 10.4 Å². The van der Waals surface area contributed by atoms with Crippen LogP contribution in [0.2, 0.25) is 23.3 Å². The lowest BCUT2D eigenvalue weighted by Crippen LogP contribution is -2.40. The van der Waals surface area contributed by atoms with Crippen LogP contribution in [-0.4, -0.2) is 24.1 Å². The minimum atomic E-state index is -1.82. The molecule has 0 aliphatic rings. The van der Waals surface area contributed by atoms with E-state index in [-0.39, 0.29) is 16.0 Å². The van der Waals surface area contributed by atoms with Crippen molar-refractivity contribution in [1.29, 1.82) is 0 Å². The van der Waals surface area contributed by atoms with Crippen LogP contribution in [0.3, 0.4) is 0 Å². The zero-order valence-corrected chi connectivity index (χ0v) is 17.5. The molecule has 2 aromatic rings. The molecule has 4 nitrogen and oxygen atoms in total. The molecule has 2 aromatic heterocycles. The van der Waals surface area contributed by atoms with Crippen LogP contribution in [0.25, 0.3) is 0 Å². The molecule has 0 aliphatic carbocycles. The summed E-state index contributed by atoms with van der Waals surface area (Å²) in [7, 11) is -1.82. The van der Waals surface area contributed by atoms with E-state index in [2.05, 4.69) is 43.8 Å². The number of halogens is 1. The Morgan fingerprint density at radius 1 is 1.38 bits per heavy atom. The largest absolute Gasteiger partial charge is 0.413 e. The van der Waals surface area contributed by atoms with Crippen molar-refractivity contribution in [3.05, 3.63) is 44.6 Å². The Morgan fingerprint density at radius 2 is 2.04 bits per heavy atom. The van der Waals surface area contributed by atoms with E-state index in [1.54, 1.807) is 0 Å². The van der Waals surface area contributed by atoms with Crippen molar-refractivity contribution in [1.82, 2.24) is 9.97 Å². The van der Waals surface area contributed by atoms with E-state index in [1.807, 2.05) is 13.0 Å². The van der Waals surface area contributed by atoms with Gasteiger partial charge in [-0.05, 0) is 36.7 Å². The van der Waals surface area contributed by atoms with E-state index in [9.17, 15) is 4.79 Å². The molecule has 7 heteroatoms. The number of carbonyl (C=O) groups excluding carboxylic acids is 1. The quantitative estimate of drug-likeness (QED) is 0.402. The van der Waals surface area contributed by atoms with Crippen LogP contribution < -0.4 is 0 Å². The van der Waals surface area contributed by atoms with Crippen molar-refractivity contribution in [3.8, 4) is 0 Å². The predicted molar refractivity (Wildman–Crippen MR) is 102 cm³/mol. The van der Waals surface area contributed by atoms with Crippen LogP contribution in [0.5, 0.6) is 0 Å². The lowest BCUT2D eigenvalue weighted by Gasteiger charge is -2.36. The van der Waals surface area contributed by atoms with E-state index in [4.69, 9.17) is 16.0 Å². The SMILES string of the molecule is Cc1sc(C(=O)c2cncnc2Cl)cc1CO[Si](C)(C)C(C)(C)C. The number of ketones is 1. The van der Waals surface area contributed by atoms with Crippen LogP contribution in [-0.2, 0) is 11.0 Å². The van der Waals surface area contributed by atoms with E-state index in [1.165, 1.54) is 23.9 Å². The number of hydrogen-bond acceptors (Lipinski definition) is 5. The molecule has 2 heterocycles. The Labute approximate surface area is 153 Å². The number of hydrogen-bond donors (Lipinski definition) is 0. The fourth-order valence-electron chi connectivity index (χ4n) is 1.85. The van der Waals surface area contributed by atoms with Crippen molar-refractivity contribution < 1.29 is 9.22 Å². The highest BCUT2D eigenvalue weighted by Gasteiger charge is 2.37. The van der Waals surface area contributed by atoms with Crippen molar-refractivity contribution in [2.75, 3.05) is 0 Å². The summed E-state index contributed by atoms with van der Waals surface area (Å²) in [4.78, 5) is 22.1. The van der Waals surface area contributed by atoms with Gasteiger partial charge in [0.2, 0.25) is 5.78 Å². The molecule has 0 saturated carbocycles. The van der Waals surface area contributed by atoms with Gasteiger partial charge in [-0.25, -0.2) is 9.97 Å². The fraction of sp³-hybridized carbons (Fsp3) is 0.471. The highest BCUT2D eigenvalue weighted by atomic mass is 35.5. The summed E-state index contributed by atoms with van der Waals surface area (Å²) in [5.41, 5.74) is 1.39. The van der Waals surface area contributed by atoms with Gasteiger partial charge in [-0.3, -0.25) is 4.79 Å².